The van der Waals surface area contributed by atoms with Crippen LogP contribution in [0.3, 0.4) is 0 Å². The third-order valence-electron chi connectivity index (χ3n) is 4.45. The van der Waals surface area contributed by atoms with Crippen LogP contribution in [0.1, 0.15) is 20.8 Å². The standard InChI is InChI=1S/C18H21N3OS2/c1-13-4-3-5-16(14(13)2)19-18(23)21-10-8-20(9-11-21)17-7-6-15(12-22)24-17/h3-7,12H,8-11H2,1-2H3,(H,19,23). The molecule has 0 atom stereocenters. The van der Waals surface area contributed by atoms with Crippen molar-refractivity contribution in [3.63, 3.8) is 0 Å². The van der Waals surface area contributed by atoms with Crippen molar-refractivity contribution in [2.24, 2.45) is 0 Å². The molecule has 1 aromatic heterocycles. The Morgan fingerprint density at radius 3 is 2.58 bits per heavy atom. The van der Waals surface area contributed by atoms with E-state index < -0.39 is 0 Å². The maximum absolute atomic E-state index is 10.8. The summed E-state index contributed by atoms with van der Waals surface area (Å²) in [5, 5.41) is 5.32. The Balaban J connectivity index is 1.59. The van der Waals surface area contributed by atoms with Gasteiger partial charge in [-0.1, -0.05) is 12.1 Å². The monoisotopic (exact) mass is 359 g/mol. The first-order valence-electron chi connectivity index (χ1n) is 8.00. The fourth-order valence-corrected chi connectivity index (χ4v) is 3.95. The summed E-state index contributed by atoms with van der Waals surface area (Å²) in [4.78, 5) is 16.1. The largest absolute Gasteiger partial charge is 0.360 e. The van der Waals surface area contributed by atoms with Gasteiger partial charge >= 0.3 is 0 Å². The number of nitrogens with one attached hydrogen (secondary N) is 1. The first-order chi connectivity index (χ1) is 11.6. The third-order valence-corrected chi connectivity index (χ3v) is 5.89. The number of thiophene rings is 1. The molecule has 2 aromatic rings. The van der Waals surface area contributed by atoms with Crippen molar-refractivity contribution in [3.8, 4) is 0 Å². The zero-order valence-corrected chi connectivity index (χ0v) is 15.5. The minimum Gasteiger partial charge on any atom is -0.360 e. The van der Waals surface area contributed by atoms with Crippen molar-refractivity contribution < 1.29 is 4.79 Å². The predicted molar refractivity (Wildman–Crippen MR) is 106 cm³/mol. The molecule has 0 radical (unpaired) electrons. The second-order valence-corrected chi connectivity index (χ2v) is 7.43. The molecule has 0 bridgehead atoms. The summed E-state index contributed by atoms with van der Waals surface area (Å²) in [5.74, 6) is 0. The highest BCUT2D eigenvalue weighted by atomic mass is 32.1. The summed E-state index contributed by atoms with van der Waals surface area (Å²) in [6.45, 7) is 7.80. The molecule has 0 spiro atoms. The van der Waals surface area contributed by atoms with Gasteiger partial charge in [-0.2, -0.15) is 0 Å². The van der Waals surface area contributed by atoms with Crippen molar-refractivity contribution in [1.29, 1.82) is 0 Å². The number of thiocarbonyl (C=S) groups is 1. The molecule has 24 heavy (non-hydrogen) atoms. The number of piperazine rings is 1. The van der Waals surface area contributed by atoms with Crippen LogP contribution < -0.4 is 10.2 Å². The average Bonchev–Trinajstić information content (AvgIpc) is 3.08. The highest BCUT2D eigenvalue weighted by Crippen LogP contribution is 2.26. The van der Waals surface area contributed by atoms with E-state index in [9.17, 15) is 4.79 Å². The molecule has 1 N–H and O–H groups in total. The second kappa shape index (κ2) is 7.32. The van der Waals surface area contributed by atoms with Crippen molar-refractivity contribution >= 4 is 45.6 Å². The van der Waals surface area contributed by atoms with Gasteiger partial charge in [0, 0.05) is 31.9 Å². The fraction of sp³-hybridized carbons (Fsp3) is 0.333. The minimum atomic E-state index is 0.777. The van der Waals surface area contributed by atoms with Crippen LogP contribution in [0, 0.1) is 13.8 Å². The lowest BCUT2D eigenvalue weighted by Crippen LogP contribution is -2.49. The number of rotatable bonds is 3. The predicted octanol–water partition coefficient (Wildman–Crippen LogP) is 3.70. The lowest BCUT2D eigenvalue weighted by molar-refractivity contribution is 0.112. The number of hydrogen-bond donors (Lipinski definition) is 1. The zero-order valence-electron chi connectivity index (χ0n) is 13.9. The zero-order chi connectivity index (χ0) is 17.1. The van der Waals surface area contributed by atoms with Gasteiger partial charge in [0.1, 0.15) is 0 Å². The molecule has 6 heteroatoms. The van der Waals surface area contributed by atoms with E-state index >= 15 is 0 Å². The molecule has 3 rings (SSSR count). The van der Waals surface area contributed by atoms with Crippen molar-refractivity contribution in [3.05, 3.63) is 46.3 Å². The Labute approximate surface area is 152 Å². The summed E-state index contributed by atoms with van der Waals surface area (Å²) in [6, 6.07) is 10.1. The smallest absolute Gasteiger partial charge is 0.173 e. The molecule has 0 unspecified atom stereocenters. The number of benzene rings is 1. The van der Waals surface area contributed by atoms with Gasteiger partial charge in [0.05, 0.1) is 9.88 Å². The summed E-state index contributed by atoms with van der Waals surface area (Å²) >= 11 is 7.14. The van der Waals surface area contributed by atoms with E-state index in [0.29, 0.717) is 0 Å². The van der Waals surface area contributed by atoms with Gasteiger partial charge < -0.3 is 15.1 Å². The van der Waals surface area contributed by atoms with E-state index in [4.69, 9.17) is 12.2 Å². The van der Waals surface area contributed by atoms with E-state index in [2.05, 4.69) is 41.1 Å². The van der Waals surface area contributed by atoms with Crippen LogP contribution in [-0.4, -0.2) is 42.5 Å². The number of carbonyl (C=O) groups excluding carboxylic acids is 1. The van der Waals surface area contributed by atoms with Gasteiger partial charge in [0.25, 0.3) is 0 Å². The molecule has 1 aromatic carbocycles. The van der Waals surface area contributed by atoms with E-state index in [1.807, 2.05) is 18.2 Å². The van der Waals surface area contributed by atoms with Gasteiger partial charge in [-0.15, -0.1) is 11.3 Å². The van der Waals surface area contributed by atoms with Crippen LogP contribution in [0.2, 0.25) is 0 Å². The molecule has 4 nitrogen and oxygen atoms in total. The summed E-state index contributed by atoms with van der Waals surface area (Å²) in [6.07, 6.45) is 0.910. The Kier molecular flexibility index (Phi) is 5.16. The van der Waals surface area contributed by atoms with E-state index in [-0.39, 0.29) is 0 Å². The lowest BCUT2D eigenvalue weighted by Gasteiger charge is -2.36. The number of nitrogens with zero attached hydrogens (tertiary/aromatic N) is 2. The number of aldehydes is 1. The van der Waals surface area contributed by atoms with Crippen LogP contribution in [0.4, 0.5) is 10.7 Å². The molecule has 1 fully saturated rings. The number of aryl methyl sites for hydroxylation is 1. The normalized spacial score (nSPS) is 14.6. The Morgan fingerprint density at radius 2 is 1.92 bits per heavy atom. The quantitative estimate of drug-likeness (QED) is 0.668. The highest BCUT2D eigenvalue weighted by molar-refractivity contribution is 7.80. The van der Waals surface area contributed by atoms with Crippen LogP contribution in [0.25, 0.3) is 0 Å². The minimum absolute atomic E-state index is 0.777. The van der Waals surface area contributed by atoms with E-state index in [1.165, 1.54) is 11.1 Å². The maximum Gasteiger partial charge on any atom is 0.173 e. The molecule has 0 saturated carbocycles. The Morgan fingerprint density at radius 1 is 1.17 bits per heavy atom. The highest BCUT2D eigenvalue weighted by Gasteiger charge is 2.20. The van der Waals surface area contributed by atoms with E-state index in [0.717, 1.165) is 53.1 Å². The van der Waals surface area contributed by atoms with Crippen LogP contribution in [-0.2, 0) is 0 Å². The lowest BCUT2D eigenvalue weighted by atomic mass is 10.1. The number of hydrogen-bond acceptors (Lipinski definition) is 4. The summed E-state index contributed by atoms with van der Waals surface area (Å²) in [7, 11) is 0. The average molecular weight is 360 g/mol. The molecular weight excluding hydrogens is 338 g/mol. The summed E-state index contributed by atoms with van der Waals surface area (Å²) in [5.41, 5.74) is 3.58. The molecule has 126 valence electrons. The van der Waals surface area contributed by atoms with E-state index in [1.54, 1.807) is 11.3 Å². The fourth-order valence-electron chi connectivity index (χ4n) is 2.79. The molecule has 0 amide bonds. The van der Waals surface area contributed by atoms with Gasteiger partial charge in [-0.25, -0.2) is 0 Å². The topological polar surface area (TPSA) is 35.6 Å². The van der Waals surface area contributed by atoms with Crippen LogP contribution >= 0.6 is 23.6 Å². The SMILES string of the molecule is Cc1cccc(NC(=S)N2CCN(c3ccc(C=O)s3)CC2)c1C. The van der Waals surface area contributed by atoms with Crippen molar-refractivity contribution in [1.82, 2.24) is 4.90 Å². The number of anilines is 2. The van der Waals surface area contributed by atoms with Crippen LogP contribution in [0.5, 0.6) is 0 Å². The van der Waals surface area contributed by atoms with Gasteiger partial charge in [-0.3, -0.25) is 4.79 Å². The maximum atomic E-state index is 10.8. The van der Waals surface area contributed by atoms with Gasteiger partial charge in [0.2, 0.25) is 0 Å². The molecule has 1 aliphatic heterocycles. The van der Waals surface area contributed by atoms with Gasteiger partial charge in [-0.05, 0) is 55.4 Å². The Hall–Kier alpha value is -1.92. The van der Waals surface area contributed by atoms with Crippen molar-refractivity contribution in [2.45, 2.75) is 13.8 Å². The summed E-state index contributed by atoms with van der Waals surface area (Å²) < 4.78 is 0. The second-order valence-electron chi connectivity index (χ2n) is 5.95. The number of carbonyl (C=O) groups is 1. The molecule has 0 aliphatic carbocycles. The molecular formula is C18H21N3OS2. The van der Waals surface area contributed by atoms with Crippen LogP contribution in [0.15, 0.2) is 30.3 Å². The van der Waals surface area contributed by atoms with Crippen molar-refractivity contribution in [2.75, 3.05) is 36.4 Å². The molecule has 1 saturated heterocycles. The molecule has 1 aliphatic rings. The van der Waals surface area contributed by atoms with Gasteiger partial charge in [0.15, 0.2) is 11.4 Å². The first-order valence-corrected chi connectivity index (χ1v) is 9.23. The Bertz CT molecular complexity index is 748. The molecule has 2 heterocycles. The third kappa shape index (κ3) is 3.60. The first kappa shape index (κ1) is 16.9.